The SMILES string of the molecule is O=C1C[C@H](c2ccccc2)CC2=C1[C@H](c1ccc(-c3ccccc3)cc1)Nc1ccccc1N2. The van der Waals surface area contributed by atoms with Gasteiger partial charge in [-0.25, -0.2) is 0 Å². The van der Waals surface area contributed by atoms with Crippen LogP contribution in [0.2, 0.25) is 0 Å². The van der Waals surface area contributed by atoms with Gasteiger partial charge in [0.25, 0.3) is 0 Å². The van der Waals surface area contributed by atoms with E-state index in [-0.39, 0.29) is 17.7 Å². The fourth-order valence-corrected chi connectivity index (χ4v) is 5.20. The van der Waals surface area contributed by atoms with Crippen molar-refractivity contribution in [2.75, 3.05) is 10.6 Å². The molecule has 34 heavy (non-hydrogen) atoms. The summed E-state index contributed by atoms with van der Waals surface area (Å²) >= 11 is 0. The average molecular weight is 443 g/mol. The van der Waals surface area contributed by atoms with Crippen LogP contribution in [0.3, 0.4) is 0 Å². The molecule has 2 N–H and O–H groups in total. The number of ketones is 1. The van der Waals surface area contributed by atoms with Gasteiger partial charge in [-0.15, -0.1) is 0 Å². The Morgan fingerprint density at radius 2 is 1.21 bits per heavy atom. The molecule has 0 fully saturated rings. The van der Waals surface area contributed by atoms with Crippen molar-refractivity contribution in [3.05, 3.63) is 132 Å². The lowest BCUT2D eigenvalue weighted by Crippen LogP contribution is -2.26. The molecule has 4 aromatic carbocycles. The highest BCUT2D eigenvalue weighted by molar-refractivity contribution is 6.01. The summed E-state index contributed by atoms with van der Waals surface area (Å²) in [6, 6.07) is 37.4. The van der Waals surface area contributed by atoms with E-state index in [0.29, 0.717) is 6.42 Å². The summed E-state index contributed by atoms with van der Waals surface area (Å²) in [5.74, 6) is 0.395. The Hall–Kier alpha value is -4.11. The second kappa shape index (κ2) is 8.68. The molecule has 3 nitrogen and oxygen atoms in total. The van der Waals surface area contributed by atoms with Crippen LogP contribution in [0.4, 0.5) is 11.4 Å². The number of carbonyl (C=O) groups is 1. The summed E-state index contributed by atoms with van der Waals surface area (Å²) in [6.07, 6.45) is 1.35. The van der Waals surface area contributed by atoms with Crippen LogP contribution in [0.15, 0.2) is 120 Å². The molecule has 3 heteroatoms. The van der Waals surface area contributed by atoms with Gasteiger partial charge in [0.15, 0.2) is 5.78 Å². The van der Waals surface area contributed by atoms with Gasteiger partial charge in [-0.3, -0.25) is 4.79 Å². The number of allylic oxidation sites excluding steroid dienone is 1. The Labute approximate surface area is 200 Å². The minimum absolute atomic E-state index is 0.186. The third-order valence-electron chi connectivity index (χ3n) is 6.93. The van der Waals surface area contributed by atoms with Crippen LogP contribution in [-0.4, -0.2) is 5.78 Å². The van der Waals surface area contributed by atoms with Gasteiger partial charge in [-0.1, -0.05) is 97.1 Å². The maximum atomic E-state index is 13.7. The zero-order valence-electron chi connectivity index (χ0n) is 18.9. The van der Waals surface area contributed by atoms with Gasteiger partial charge < -0.3 is 10.6 Å². The van der Waals surface area contributed by atoms with Gasteiger partial charge in [0, 0.05) is 17.7 Å². The number of hydrogen-bond donors (Lipinski definition) is 2. The first-order valence-electron chi connectivity index (χ1n) is 11.9. The van der Waals surface area contributed by atoms with Gasteiger partial charge in [-0.2, -0.15) is 0 Å². The Kier molecular flexibility index (Phi) is 5.23. The molecule has 0 bridgehead atoms. The summed E-state index contributed by atoms with van der Waals surface area (Å²) < 4.78 is 0. The molecule has 2 atom stereocenters. The predicted molar refractivity (Wildman–Crippen MR) is 139 cm³/mol. The highest BCUT2D eigenvalue weighted by Gasteiger charge is 2.35. The highest BCUT2D eigenvalue weighted by Crippen LogP contribution is 2.44. The van der Waals surface area contributed by atoms with E-state index in [4.69, 9.17) is 0 Å². The van der Waals surface area contributed by atoms with Crippen molar-refractivity contribution < 1.29 is 4.79 Å². The number of benzene rings is 4. The molecule has 1 heterocycles. The first kappa shape index (κ1) is 20.5. The quantitative estimate of drug-likeness (QED) is 0.349. The second-order valence-electron chi connectivity index (χ2n) is 9.07. The predicted octanol–water partition coefficient (Wildman–Crippen LogP) is 7.33. The van der Waals surface area contributed by atoms with Crippen LogP contribution >= 0.6 is 0 Å². The summed E-state index contributed by atoms with van der Waals surface area (Å²) in [5, 5.41) is 7.30. The summed E-state index contributed by atoms with van der Waals surface area (Å²) in [7, 11) is 0. The molecule has 0 unspecified atom stereocenters. The normalized spacial score (nSPS) is 19.4. The van der Waals surface area contributed by atoms with Crippen molar-refractivity contribution in [2.45, 2.75) is 24.8 Å². The Bertz CT molecular complexity index is 1360. The van der Waals surface area contributed by atoms with E-state index in [9.17, 15) is 4.79 Å². The number of para-hydroxylation sites is 2. The lowest BCUT2D eigenvalue weighted by Gasteiger charge is -2.30. The molecule has 1 aliphatic carbocycles. The fourth-order valence-electron chi connectivity index (χ4n) is 5.20. The molecule has 4 aromatic rings. The lowest BCUT2D eigenvalue weighted by molar-refractivity contribution is -0.116. The first-order valence-corrected chi connectivity index (χ1v) is 11.9. The number of Topliss-reactive ketones (excluding diaryl/α,β-unsaturated/α-hetero) is 1. The molecule has 0 spiro atoms. The van der Waals surface area contributed by atoms with Crippen LogP contribution in [-0.2, 0) is 4.79 Å². The number of nitrogens with one attached hydrogen (secondary N) is 2. The van der Waals surface area contributed by atoms with E-state index in [1.165, 1.54) is 16.7 Å². The summed E-state index contributed by atoms with van der Waals surface area (Å²) in [6.45, 7) is 0. The van der Waals surface area contributed by atoms with Crippen LogP contribution in [0.25, 0.3) is 11.1 Å². The van der Waals surface area contributed by atoms with E-state index in [1.54, 1.807) is 0 Å². The Morgan fingerprint density at radius 3 is 1.94 bits per heavy atom. The molecule has 166 valence electrons. The van der Waals surface area contributed by atoms with Gasteiger partial charge in [-0.05, 0) is 46.7 Å². The minimum Gasteiger partial charge on any atom is -0.372 e. The van der Waals surface area contributed by atoms with Crippen LogP contribution in [0, 0.1) is 0 Å². The first-order chi connectivity index (χ1) is 16.8. The zero-order valence-corrected chi connectivity index (χ0v) is 18.9. The number of carbonyl (C=O) groups excluding carboxylic acids is 1. The topological polar surface area (TPSA) is 41.1 Å². The van der Waals surface area contributed by atoms with Gasteiger partial charge in [0.1, 0.15) is 0 Å². The van der Waals surface area contributed by atoms with Crippen molar-refractivity contribution in [1.82, 2.24) is 0 Å². The second-order valence-corrected chi connectivity index (χ2v) is 9.07. The molecule has 2 aliphatic rings. The summed E-state index contributed by atoms with van der Waals surface area (Å²) in [4.78, 5) is 13.7. The number of anilines is 2. The maximum absolute atomic E-state index is 13.7. The Balaban J connectivity index is 1.41. The van der Waals surface area contributed by atoms with Crippen molar-refractivity contribution in [3.8, 4) is 11.1 Å². The van der Waals surface area contributed by atoms with Crippen LogP contribution in [0.5, 0.6) is 0 Å². The third-order valence-corrected chi connectivity index (χ3v) is 6.93. The highest BCUT2D eigenvalue weighted by atomic mass is 16.1. The van der Waals surface area contributed by atoms with E-state index in [1.807, 2.05) is 24.3 Å². The number of hydrogen-bond acceptors (Lipinski definition) is 3. The monoisotopic (exact) mass is 442 g/mol. The van der Waals surface area contributed by atoms with Crippen molar-refractivity contribution in [2.24, 2.45) is 0 Å². The van der Waals surface area contributed by atoms with Gasteiger partial charge in [0.2, 0.25) is 0 Å². The van der Waals surface area contributed by atoms with E-state index in [0.717, 1.165) is 34.6 Å². The number of rotatable bonds is 3. The number of fused-ring (bicyclic) bond motifs is 1. The van der Waals surface area contributed by atoms with Crippen molar-refractivity contribution in [3.63, 3.8) is 0 Å². The lowest BCUT2D eigenvalue weighted by atomic mass is 9.78. The van der Waals surface area contributed by atoms with Crippen LogP contribution < -0.4 is 10.6 Å². The smallest absolute Gasteiger partial charge is 0.163 e. The largest absolute Gasteiger partial charge is 0.372 e. The van der Waals surface area contributed by atoms with Gasteiger partial charge >= 0.3 is 0 Å². The third kappa shape index (κ3) is 3.80. The van der Waals surface area contributed by atoms with E-state index < -0.39 is 0 Å². The van der Waals surface area contributed by atoms with E-state index >= 15 is 0 Å². The summed E-state index contributed by atoms with van der Waals surface area (Å²) in [5.41, 5.74) is 8.59. The fraction of sp³-hybridized carbons (Fsp3) is 0.129. The molecule has 0 aromatic heterocycles. The molecular weight excluding hydrogens is 416 g/mol. The molecule has 1 aliphatic heterocycles. The van der Waals surface area contributed by atoms with E-state index in [2.05, 4.69) is 95.6 Å². The van der Waals surface area contributed by atoms with Crippen molar-refractivity contribution in [1.29, 1.82) is 0 Å². The molecule has 6 rings (SSSR count). The molecular formula is C31H26N2O. The minimum atomic E-state index is -0.194. The Morgan fingerprint density at radius 1 is 0.588 bits per heavy atom. The maximum Gasteiger partial charge on any atom is 0.163 e. The standard InChI is InChI=1S/C31H26N2O/c34-29-20-25(22-11-5-2-6-12-22)19-28-30(29)31(33-27-14-8-7-13-26(27)32-28)24-17-15-23(16-18-24)21-9-3-1-4-10-21/h1-18,25,31-33H,19-20H2/t25-,31+/m1/s1. The molecule has 0 saturated carbocycles. The van der Waals surface area contributed by atoms with Crippen LogP contribution in [0.1, 0.15) is 35.9 Å². The zero-order chi connectivity index (χ0) is 22.9. The molecule has 0 radical (unpaired) electrons. The van der Waals surface area contributed by atoms with Crippen molar-refractivity contribution >= 4 is 17.2 Å². The average Bonchev–Trinajstić information content (AvgIpc) is 3.07. The van der Waals surface area contributed by atoms with Gasteiger partial charge in [0.05, 0.1) is 17.4 Å². The molecule has 0 saturated heterocycles. The molecule has 0 amide bonds.